The number of pyridine rings is 1. The number of carbonyl (C=O) groups is 1. The van der Waals surface area contributed by atoms with Crippen LogP contribution >= 0.6 is 0 Å². The van der Waals surface area contributed by atoms with E-state index in [2.05, 4.69) is 20.6 Å². The molecule has 2 rings (SSSR count). The number of carboxylic acid groups (broad SMARTS) is 1. The smallest absolute Gasteiger partial charge is 0.303 e. The van der Waals surface area contributed by atoms with Crippen LogP contribution in [0.25, 0.3) is 5.57 Å². The molecule has 0 atom stereocenters. The lowest BCUT2D eigenvalue weighted by molar-refractivity contribution is -0.137. The molecule has 8 nitrogen and oxygen atoms in total. The third-order valence-corrected chi connectivity index (χ3v) is 4.34. The molecule has 1 heterocycles. The van der Waals surface area contributed by atoms with Gasteiger partial charge in [0.05, 0.1) is 6.54 Å². The van der Waals surface area contributed by atoms with Gasteiger partial charge in [0.15, 0.2) is 6.19 Å². The van der Waals surface area contributed by atoms with Crippen molar-refractivity contribution in [2.24, 2.45) is 4.99 Å². The first-order valence-electron chi connectivity index (χ1n) is 10.0. The van der Waals surface area contributed by atoms with Gasteiger partial charge in [-0.15, -0.1) is 0 Å². The molecule has 0 aliphatic carbocycles. The Hall–Kier alpha value is -3.70. The molecule has 3 N–H and O–H groups in total. The monoisotopic (exact) mass is 420 g/mol. The number of hydrogen-bond donors (Lipinski definition) is 3. The molecule has 0 bridgehead atoms. The minimum Gasteiger partial charge on any atom is -0.481 e. The van der Waals surface area contributed by atoms with Gasteiger partial charge in [-0.25, -0.2) is 0 Å². The molecule has 0 unspecified atom stereocenters. The highest BCUT2D eigenvalue weighted by Crippen LogP contribution is 2.26. The van der Waals surface area contributed by atoms with Crippen LogP contribution in [0.5, 0.6) is 0 Å². The van der Waals surface area contributed by atoms with Crippen molar-refractivity contribution >= 4 is 23.2 Å². The number of unbranched alkanes of at least 4 members (excludes halogenated alkanes) is 1. The fourth-order valence-corrected chi connectivity index (χ4v) is 2.85. The van der Waals surface area contributed by atoms with Gasteiger partial charge >= 0.3 is 5.97 Å². The number of anilines is 1. The lowest BCUT2D eigenvalue weighted by Gasteiger charge is -2.13. The molecule has 0 aliphatic heterocycles. The summed E-state index contributed by atoms with van der Waals surface area (Å²) in [6.07, 6.45) is 8.78. The number of aliphatic carboxylic acids is 1. The van der Waals surface area contributed by atoms with Crippen LogP contribution in [0.1, 0.15) is 30.4 Å². The summed E-state index contributed by atoms with van der Waals surface area (Å²) in [6.45, 7) is 1.32. The predicted molar refractivity (Wildman–Crippen MR) is 122 cm³/mol. The molecule has 2 aromatic rings. The van der Waals surface area contributed by atoms with Crippen molar-refractivity contribution in [3.63, 3.8) is 0 Å². The number of allylic oxidation sites excluding steroid dienone is 1. The Morgan fingerprint density at radius 1 is 1.29 bits per heavy atom. The molecule has 162 valence electrons. The first kappa shape index (κ1) is 23.6. The average Bonchev–Trinajstić information content (AvgIpc) is 2.74. The van der Waals surface area contributed by atoms with E-state index in [0.717, 1.165) is 28.9 Å². The fourth-order valence-electron chi connectivity index (χ4n) is 2.85. The highest BCUT2D eigenvalue weighted by Gasteiger charge is 2.08. The SMILES string of the molecule is CN(C)CCN=C(NC#N)Nc1cccc(/C(=C\CCCC(=O)O)c2cccnc2)c1. The Labute approximate surface area is 183 Å². The minimum atomic E-state index is -0.798. The van der Waals surface area contributed by atoms with E-state index < -0.39 is 5.97 Å². The zero-order valence-corrected chi connectivity index (χ0v) is 17.9. The summed E-state index contributed by atoms with van der Waals surface area (Å²) in [7, 11) is 3.93. The number of benzene rings is 1. The molecule has 1 aromatic heterocycles. The van der Waals surface area contributed by atoms with Crippen molar-refractivity contribution in [1.82, 2.24) is 15.2 Å². The highest BCUT2D eigenvalue weighted by atomic mass is 16.4. The highest BCUT2D eigenvalue weighted by molar-refractivity contribution is 5.95. The number of nitrogens with one attached hydrogen (secondary N) is 2. The number of guanidine groups is 1. The molecule has 0 aliphatic rings. The van der Waals surface area contributed by atoms with Gasteiger partial charge in [-0.05, 0) is 56.3 Å². The summed E-state index contributed by atoms with van der Waals surface area (Å²) < 4.78 is 0. The van der Waals surface area contributed by atoms with Gasteiger partial charge in [0.25, 0.3) is 0 Å². The normalized spacial score (nSPS) is 11.8. The van der Waals surface area contributed by atoms with Crippen LogP contribution in [0.4, 0.5) is 5.69 Å². The topological polar surface area (TPSA) is 114 Å². The van der Waals surface area contributed by atoms with E-state index in [1.807, 2.05) is 67.7 Å². The van der Waals surface area contributed by atoms with Crippen LogP contribution in [-0.2, 0) is 4.79 Å². The van der Waals surface area contributed by atoms with E-state index in [0.29, 0.717) is 25.3 Å². The van der Waals surface area contributed by atoms with Crippen molar-refractivity contribution in [2.75, 3.05) is 32.5 Å². The molecule has 0 spiro atoms. The van der Waals surface area contributed by atoms with Crippen LogP contribution < -0.4 is 10.6 Å². The zero-order valence-electron chi connectivity index (χ0n) is 17.9. The second kappa shape index (κ2) is 12.8. The number of carboxylic acids is 1. The molecule has 0 saturated heterocycles. The molecular formula is C23H28N6O2. The second-order valence-corrected chi connectivity index (χ2v) is 7.12. The number of likely N-dealkylation sites (N-methyl/N-ethyl adjacent to an activating group) is 1. The molecule has 0 saturated carbocycles. The number of rotatable bonds is 10. The van der Waals surface area contributed by atoms with Gasteiger partial charge in [0.1, 0.15) is 0 Å². The van der Waals surface area contributed by atoms with Crippen molar-refractivity contribution in [1.29, 1.82) is 5.26 Å². The first-order valence-corrected chi connectivity index (χ1v) is 10.0. The van der Waals surface area contributed by atoms with Crippen LogP contribution in [0, 0.1) is 11.5 Å². The summed E-state index contributed by atoms with van der Waals surface area (Å²) in [4.78, 5) is 21.5. The van der Waals surface area contributed by atoms with Gasteiger partial charge in [0, 0.05) is 36.6 Å². The number of nitriles is 1. The van der Waals surface area contributed by atoms with Crippen molar-refractivity contribution in [2.45, 2.75) is 19.3 Å². The van der Waals surface area contributed by atoms with Crippen LogP contribution in [0.3, 0.4) is 0 Å². The average molecular weight is 421 g/mol. The Balaban J connectivity index is 2.26. The summed E-state index contributed by atoms with van der Waals surface area (Å²) in [5.74, 6) is -0.413. The summed E-state index contributed by atoms with van der Waals surface area (Å²) in [5, 5.41) is 23.7. The lowest BCUT2D eigenvalue weighted by Crippen LogP contribution is -2.28. The standard InChI is InChI=1S/C23H28N6O2/c1-29(2)14-13-26-23(27-17-24)28-20-9-5-7-18(15-20)21(10-3-4-11-22(30)31)19-8-6-12-25-16-19/h5-10,12,15-16H,3-4,11,13-14H2,1-2H3,(H,30,31)(H2,26,27,28)/b21-10+. The van der Waals surface area contributed by atoms with Gasteiger partial charge < -0.3 is 15.3 Å². The molecule has 1 aromatic carbocycles. The molecule has 8 heteroatoms. The van der Waals surface area contributed by atoms with Crippen LogP contribution in [0.15, 0.2) is 59.9 Å². The largest absolute Gasteiger partial charge is 0.481 e. The number of aliphatic imine (C=N–C) groups is 1. The van der Waals surface area contributed by atoms with E-state index in [4.69, 9.17) is 10.4 Å². The van der Waals surface area contributed by atoms with E-state index in [-0.39, 0.29) is 6.42 Å². The molecular weight excluding hydrogens is 392 g/mol. The number of aromatic nitrogens is 1. The maximum absolute atomic E-state index is 10.8. The van der Waals surface area contributed by atoms with Crippen LogP contribution in [0.2, 0.25) is 0 Å². The molecule has 0 radical (unpaired) electrons. The maximum atomic E-state index is 10.8. The Morgan fingerprint density at radius 2 is 2.10 bits per heavy atom. The van der Waals surface area contributed by atoms with Gasteiger partial charge in [-0.3, -0.25) is 20.1 Å². The van der Waals surface area contributed by atoms with E-state index in [9.17, 15) is 4.79 Å². The fraction of sp³-hybridized carbons (Fsp3) is 0.304. The van der Waals surface area contributed by atoms with E-state index >= 15 is 0 Å². The molecule has 0 amide bonds. The maximum Gasteiger partial charge on any atom is 0.303 e. The Morgan fingerprint density at radius 3 is 2.77 bits per heavy atom. The summed E-state index contributed by atoms with van der Waals surface area (Å²) in [5.41, 5.74) is 3.66. The van der Waals surface area contributed by atoms with Crippen molar-refractivity contribution in [3.8, 4) is 6.19 Å². The number of hydrogen-bond acceptors (Lipinski definition) is 5. The predicted octanol–water partition coefficient (Wildman–Crippen LogP) is 3.17. The van der Waals surface area contributed by atoms with E-state index in [1.165, 1.54) is 0 Å². The van der Waals surface area contributed by atoms with E-state index in [1.54, 1.807) is 12.4 Å². The summed E-state index contributed by atoms with van der Waals surface area (Å²) >= 11 is 0. The van der Waals surface area contributed by atoms with Crippen molar-refractivity contribution in [3.05, 3.63) is 66.0 Å². The Kier molecular flexibility index (Phi) is 9.72. The van der Waals surface area contributed by atoms with Crippen LogP contribution in [-0.4, -0.2) is 54.1 Å². The second-order valence-electron chi connectivity index (χ2n) is 7.12. The summed E-state index contributed by atoms with van der Waals surface area (Å²) in [6, 6.07) is 11.6. The zero-order chi connectivity index (χ0) is 22.5. The quantitative estimate of drug-likeness (QED) is 0.178. The van der Waals surface area contributed by atoms with Gasteiger partial charge in [-0.2, -0.15) is 5.26 Å². The lowest BCUT2D eigenvalue weighted by atomic mass is 9.97. The minimum absolute atomic E-state index is 0.130. The first-order chi connectivity index (χ1) is 15.0. The molecule has 0 fully saturated rings. The Bertz CT molecular complexity index is 948. The van der Waals surface area contributed by atoms with Crippen molar-refractivity contribution < 1.29 is 9.90 Å². The van der Waals surface area contributed by atoms with Gasteiger partial charge in [-0.1, -0.05) is 24.3 Å². The third-order valence-electron chi connectivity index (χ3n) is 4.34. The number of nitrogens with zero attached hydrogens (tertiary/aromatic N) is 4. The molecule has 31 heavy (non-hydrogen) atoms. The van der Waals surface area contributed by atoms with Gasteiger partial charge in [0.2, 0.25) is 5.96 Å². The third kappa shape index (κ3) is 8.68.